The van der Waals surface area contributed by atoms with Crippen LogP contribution in [0.15, 0.2) is 52.9 Å². The molecule has 0 aliphatic carbocycles. The lowest BCUT2D eigenvalue weighted by Gasteiger charge is -2.01. The van der Waals surface area contributed by atoms with Crippen molar-refractivity contribution in [2.75, 3.05) is 0 Å². The first-order chi connectivity index (χ1) is 11.5. The number of hydrogen-bond donors (Lipinski definition) is 1. The predicted octanol–water partition coefficient (Wildman–Crippen LogP) is 4.28. The molecule has 0 aliphatic heterocycles. The van der Waals surface area contributed by atoms with Crippen molar-refractivity contribution in [3.63, 3.8) is 0 Å². The molecule has 0 spiro atoms. The molecule has 1 N–H and O–H groups in total. The van der Waals surface area contributed by atoms with Gasteiger partial charge in [-0.15, -0.1) is 11.3 Å². The van der Waals surface area contributed by atoms with Crippen LogP contribution in [0.3, 0.4) is 0 Å². The summed E-state index contributed by atoms with van der Waals surface area (Å²) in [6.07, 6.45) is 0. The van der Waals surface area contributed by atoms with Crippen LogP contribution in [0.4, 0.5) is 4.39 Å². The third-order valence-electron chi connectivity index (χ3n) is 3.39. The second-order valence-electron chi connectivity index (χ2n) is 5.18. The Morgan fingerprint density at radius 3 is 2.42 bits per heavy atom. The largest absolute Gasteiger partial charge is 0.459 e. The van der Waals surface area contributed by atoms with Gasteiger partial charge in [-0.3, -0.25) is 9.59 Å². The van der Waals surface area contributed by atoms with Crippen LogP contribution >= 0.6 is 11.3 Å². The minimum Gasteiger partial charge on any atom is -0.459 e. The molecule has 0 atom stereocenters. The van der Waals surface area contributed by atoms with E-state index in [1.54, 1.807) is 36.4 Å². The number of thiophene rings is 1. The maximum absolute atomic E-state index is 12.9. The zero-order chi connectivity index (χ0) is 17.1. The smallest absolute Gasteiger partial charge is 0.261 e. The maximum atomic E-state index is 12.9. The Balaban J connectivity index is 1.63. The Bertz CT molecular complexity index is 880. The Morgan fingerprint density at radius 2 is 1.75 bits per heavy atom. The number of ketones is 1. The van der Waals surface area contributed by atoms with Gasteiger partial charge in [-0.2, -0.15) is 0 Å². The molecular weight excluding hydrogens is 329 g/mol. The van der Waals surface area contributed by atoms with Crippen LogP contribution in [-0.2, 0) is 6.54 Å². The molecule has 4 nitrogen and oxygen atoms in total. The second kappa shape index (κ2) is 6.80. The molecule has 6 heteroatoms. The van der Waals surface area contributed by atoms with E-state index in [0.29, 0.717) is 21.3 Å². The van der Waals surface area contributed by atoms with Crippen LogP contribution in [0.25, 0.3) is 11.3 Å². The molecule has 0 saturated heterocycles. The van der Waals surface area contributed by atoms with Gasteiger partial charge in [0.05, 0.1) is 16.3 Å². The molecular formula is C18H14FNO3S. The fraction of sp³-hybridized carbons (Fsp3) is 0.111. The topological polar surface area (TPSA) is 59.3 Å². The van der Waals surface area contributed by atoms with Crippen molar-refractivity contribution in [2.45, 2.75) is 13.5 Å². The summed E-state index contributed by atoms with van der Waals surface area (Å²) in [4.78, 5) is 24.4. The molecule has 3 rings (SSSR count). The number of hydrogen-bond acceptors (Lipinski definition) is 4. The minimum atomic E-state index is -0.307. The first-order valence-corrected chi connectivity index (χ1v) is 8.08. The average molecular weight is 343 g/mol. The van der Waals surface area contributed by atoms with E-state index in [9.17, 15) is 14.0 Å². The van der Waals surface area contributed by atoms with Crippen LogP contribution in [0.1, 0.15) is 32.0 Å². The Labute approximate surface area is 141 Å². The number of furan rings is 1. The number of amides is 1. The van der Waals surface area contributed by atoms with Gasteiger partial charge in [-0.05, 0) is 55.5 Å². The van der Waals surface area contributed by atoms with Crippen LogP contribution < -0.4 is 5.32 Å². The monoisotopic (exact) mass is 343 g/mol. The third-order valence-corrected chi connectivity index (χ3v) is 4.58. The van der Waals surface area contributed by atoms with Gasteiger partial charge in [-0.25, -0.2) is 4.39 Å². The quantitative estimate of drug-likeness (QED) is 0.704. The van der Waals surface area contributed by atoms with E-state index in [4.69, 9.17) is 4.42 Å². The molecule has 0 fully saturated rings. The van der Waals surface area contributed by atoms with Crippen molar-refractivity contribution < 1.29 is 18.4 Å². The first kappa shape index (κ1) is 16.1. The zero-order valence-corrected chi connectivity index (χ0v) is 13.7. The van der Waals surface area contributed by atoms with E-state index in [2.05, 4.69) is 5.32 Å². The van der Waals surface area contributed by atoms with E-state index in [-0.39, 0.29) is 24.1 Å². The Morgan fingerprint density at radius 1 is 1.04 bits per heavy atom. The summed E-state index contributed by atoms with van der Waals surface area (Å²) >= 11 is 1.16. The van der Waals surface area contributed by atoms with Gasteiger partial charge in [-0.1, -0.05) is 0 Å². The molecule has 24 heavy (non-hydrogen) atoms. The first-order valence-electron chi connectivity index (χ1n) is 7.26. The second-order valence-corrected chi connectivity index (χ2v) is 6.26. The van der Waals surface area contributed by atoms with Gasteiger partial charge in [0, 0.05) is 5.56 Å². The summed E-state index contributed by atoms with van der Waals surface area (Å²) in [5.74, 6) is 0.570. The van der Waals surface area contributed by atoms with E-state index in [1.165, 1.54) is 19.1 Å². The fourth-order valence-corrected chi connectivity index (χ4v) is 2.96. The van der Waals surface area contributed by atoms with E-state index < -0.39 is 0 Å². The van der Waals surface area contributed by atoms with Gasteiger partial charge in [0.25, 0.3) is 5.91 Å². The molecule has 1 aromatic carbocycles. The normalized spacial score (nSPS) is 10.6. The van der Waals surface area contributed by atoms with Gasteiger partial charge in [0.1, 0.15) is 17.3 Å². The summed E-state index contributed by atoms with van der Waals surface area (Å²) in [5.41, 5.74) is 0.762. The molecule has 0 radical (unpaired) electrons. The molecule has 3 aromatic rings. The predicted molar refractivity (Wildman–Crippen MR) is 89.6 cm³/mol. The van der Waals surface area contributed by atoms with Crippen molar-refractivity contribution >= 4 is 23.0 Å². The number of benzene rings is 1. The number of carbonyl (C=O) groups is 2. The van der Waals surface area contributed by atoms with Crippen LogP contribution in [0.2, 0.25) is 0 Å². The van der Waals surface area contributed by atoms with Gasteiger partial charge in [0.15, 0.2) is 5.78 Å². The summed E-state index contributed by atoms with van der Waals surface area (Å²) in [7, 11) is 0. The molecule has 0 unspecified atom stereocenters. The van der Waals surface area contributed by atoms with Crippen molar-refractivity contribution in [3.8, 4) is 11.3 Å². The van der Waals surface area contributed by atoms with E-state index >= 15 is 0 Å². The van der Waals surface area contributed by atoms with Crippen molar-refractivity contribution in [1.29, 1.82) is 0 Å². The van der Waals surface area contributed by atoms with Gasteiger partial charge < -0.3 is 9.73 Å². The van der Waals surface area contributed by atoms with Crippen molar-refractivity contribution in [2.24, 2.45) is 0 Å². The zero-order valence-electron chi connectivity index (χ0n) is 12.8. The van der Waals surface area contributed by atoms with Gasteiger partial charge >= 0.3 is 0 Å². The standard InChI is InChI=1S/C18H14FNO3S/c1-11(21)16-8-9-17(24-16)18(22)20-10-14-6-7-15(23-14)12-2-4-13(19)5-3-12/h2-9H,10H2,1H3,(H,20,22). The molecule has 122 valence electrons. The Hall–Kier alpha value is -2.73. The highest BCUT2D eigenvalue weighted by molar-refractivity contribution is 7.15. The van der Waals surface area contributed by atoms with Crippen molar-refractivity contribution in [3.05, 3.63) is 69.9 Å². The average Bonchev–Trinajstić information content (AvgIpc) is 3.23. The summed E-state index contributed by atoms with van der Waals surface area (Å²) < 4.78 is 18.6. The lowest BCUT2D eigenvalue weighted by atomic mass is 10.2. The maximum Gasteiger partial charge on any atom is 0.261 e. The number of Topliss-reactive ketones (excluding diaryl/α,β-unsaturated/α-hetero) is 1. The van der Waals surface area contributed by atoms with Crippen molar-refractivity contribution in [1.82, 2.24) is 5.32 Å². The number of rotatable bonds is 5. The molecule has 0 bridgehead atoms. The van der Waals surface area contributed by atoms with Crippen LogP contribution in [-0.4, -0.2) is 11.7 Å². The highest BCUT2D eigenvalue weighted by Gasteiger charge is 2.12. The number of halogens is 1. The SMILES string of the molecule is CC(=O)c1ccc(C(=O)NCc2ccc(-c3ccc(F)cc3)o2)s1. The minimum absolute atomic E-state index is 0.0611. The molecule has 0 saturated carbocycles. The summed E-state index contributed by atoms with van der Waals surface area (Å²) in [6, 6.07) is 12.8. The highest BCUT2D eigenvalue weighted by atomic mass is 32.1. The lowest BCUT2D eigenvalue weighted by Crippen LogP contribution is -2.21. The molecule has 0 aliphatic rings. The van der Waals surface area contributed by atoms with Crippen LogP contribution in [0.5, 0.6) is 0 Å². The molecule has 1 amide bonds. The lowest BCUT2D eigenvalue weighted by molar-refractivity contribution is 0.0951. The summed E-state index contributed by atoms with van der Waals surface area (Å²) in [5, 5.41) is 2.75. The summed E-state index contributed by atoms with van der Waals surface area (Å²) in [6.45, 7) is 1.70. The van der Waals surface area contributed by atoms with E-state index in [1.807, 2.05) is 0 Å². The third kappa shape index (κ3) is 3.60. The Kier molecular flexibility index (Phi) is 4.57. The van der Waals surface area contributed by atoms with Crippen LogP contribution in [0, 0.1) is 5.82 Å². The van der Waals surface area contributed by atoms with E-state index in [0.717, 1.165) is 16.9 Å². The number of nitrogens with one attached hydrogen (secondary N) is 1. The highest BCUT2D eigenvalue weighted by Crippen LogP contribution is 2.22. The van der Waals surface area contributed by atoms with Gasteiger partial charge in [0.2, 0.25) is 0 Å². The number of carbonyl (C=O) groups excluding carboxylic acids is 2. The fourth-order valence-electron chi connectivity index (χ4n) is 2.15. The molecule has 2 aromatic heterocycles. The molecule has 2 heterocycles.